The van der Waals surface area contributed by atoms with Crippen molar-refractivity contribution in [2.24, 2.45) is 17.0 Å². The van der Waals surface area contributed by atoms with E-state index in [9.17, 15) is 0 Å². The van der Waals surface area contributed by atoms with Gasteiger partial charge in [-0.25, -0.2) is 0 Å². The fraction of sp³-hybridized carbons (Fsp3) is 0.429. The lowest BCUT2D eigenvalue weighted by atomic mass is 10.3. The Morgan fingerprint density at radius 3 is 2.60 bits per heavy atom. The number of thioether (sulfide) groups is 1. The summed E-state index contributed by atoms with van der Waals surface area (Å²) in [5.74, 6) is 0. The fourth-order valence-electron chi connectivity index (χ4n) is 1.72. The lowest BCUT2D eigenvalue weighted by Gasteiger charge is -2.11. The van der Waals surface area contributed by atoms with Gasteiger partial charge in [0.1, 0.15) is 0 Å². The lowest BCUT2D eigenvalue weighted by molar-refractivity contribution is 0.917. The number of fused-ring (bicyclic) bond motifs is 1. The zero-order chi connectivity index (χ0) is 14.8. The normalized spacial score (nSPS) is 14.2. The van der Waals surface area contributed by atoms with Crippen LogP contribution in [0, 0.1) is 0 Å². The summed E-state index contributed by atoms with van der Waals surface area (Å²) in [6.45, 7) is 6.98. The van der Waals surface area contributed by atoms with Crippen molar-refractivity contribution in [3.05, 3.63) is 29.1 Å². The van der Waals surface area contributed by atoms with E-state index >= 15 is 0 Å². The largest absolute Gasteiger partial charge is 0.319 e. The SMILES string of the molecule is CSC(=N\C[Si](C)(C)C)/N=c1/sc2ccccc2n1C. The Morgan fingerprint density at radius 1 is 1.30 bits per heavy atom. The number of nitrogens with zero attached hydrogens (tertiary/aromatic N) is 3. The average Bonchev–Trinajstić information content (AvgIpc) is 2.71. The molecule has 0 atom stereocenters. The smallest absolute Gasteiger partial charge is 0.192 e. The molecule has 2 rings (SSSR count). The van der Waals surface area contributed by atoms with Gasteiger partial charge in [0.05, 0.1) is 18.3 Å². The molecule has 0 aliphatic rings. The molecule has 2 aromatic rings. The molecule has 0 radical (unpaired) electrons. The predicted molar refractivity (Wildman–Crippen MR) is 95.5 cm³/mol. The molecule has 0 spiro atoms. The van der Waals surface area contributed by atoms with Gasteiger partial charge >= 0.3 is 0 Å². The van der Waals surface area contributed by atoms with Crippen LogP contribution in [0.25, 0.3) is 10.2 Å². The molecule has 20 heavy (non-hydrogen) atoms. The third-order valence-corrected chi connectivity index (χ3v) is 5.58. The molecule has 0 amide bonds. The summed E-state index contributed by atoms with van der Waals surface area (Å²) in [7, 11) is 0.901. The number of thiazole rings is 1. The van der Waals surface area contributed by atoms with Crippen molar-refractivity contribution in [3.8, 4) is 0 Å². The van der Waals surface area contributed by atoms with Crippen LogP contribution in [0.15, 0.2) is 34.3 Å². The summed E-state index contributed by atoms with van der Waals surface area (Å²) in [5.41, 5.74) is 1.22. The summed E-state index contributed by atoms with van der Waals surface area (Å²) in [6, 6.07) is 8.39. The van der Waals surface area contributed by atoms with Gasteiger partial charge in [-0.1, -0.05) is 54.9 Å². The summed E-state index contributed by atoms with van der Waals surface area (Å²) < 4.78 is 3.40. The van der Waals surface area contributed by atoms with Crippen LogP contribution < -0.4 is 4.80 Å². The van der Waals surface area contributed by atoms with Crippen molar-refractivity contribution >= 4 is 46.6 Å². The highest BCUT2D eigenvalue weighted by Gasteiger charge is 2.12. The van der Waals surface area contributed by atoms with Crippen molar-refractivity contribution in [1.82, 2.24) is 4.57 Å². The van der Waals surface area contributed by atoms with E-state index in [0.717, 1.165) is 16.1 Å². The van der Waals surface area contributed by atoms with E-state index in [-0.39, 0.29) is 0 Å². The molecule has 0 aliphatic carbocycles. The number of benzene rings is 1. The quantitative estimate of drug-likeness (QED) is 0.470. The van der Waals surface area contributed by atoms with Crippen LogP contribution in [0.5, 0.6) is 0 Å². The summed E-state index contributed by atoms with van der Waals surface area (Å²) in [6.07, 6.45) is 2.97. The first-order chi connectivity index (χ1) is 9.40. The number of rotatable bonds is 2. The molecule has 0 N–H and O–H groups in total. The van der Waals surface area contributed by atoms with Crippen LogP contribution in [0.1, 0.15) is 0 Å². The first-order valence-corrected chi connectivity index (χ1v) is 12.3. The van der Waals surface area contributed by atoms with Gasteiger partial charge < -0.3 is 4.57 Å². The number of aromatic nitrogens is 1. The molecule has 1 heterocycles. The number of para-hydroxylation sites is 1. The Labute approximate surface area is 129 Å². The minimum absolute atomic E-state index is 0.884. The fourth-order valence-corrected chi connectivity index (χ4v) is 3.91. The number of amidine groups is 1. The van der Waals surface area contributed by atoms with Gasteiger partial charge in [0.15, 0.2) is 9.97 Å². The maximum Gasteiger partial charge on any atom is 0.192 e. The van der Waals surface area contributed by atoms with Crippen LogP contribution in [0.4, 0.5) is 0 Å². The van der Waals surface area contributed by atoms with Gasteiger partial charge in [-0.2, -0.15) is 4.99 Å². The maximum absolute atomic E-state index is 4.73. The Bertz CT molecular complexity index is 692. The minimum Gasteiger partial charge on any atom is -0.319 e. The lowest BCUT2D eigenvalue weighted by Crippen LogP contribution is -2.25. The van der Waals surface area contributed by atoms with Crippen molar-refractivity contribution < 1.29 is 0 Å². The molecule has 0 saturated heterocycles. The Kier molecular flexibility index (Phi) is 4.88. The second kappa shape index (κ2) is 6.28. The molecule has 0 bridgehead atoms. The second-order valence-electron chi connectivity index (χ2n) is 5.89. The standard InChI is InChI=1S/C14H21N3S2Si/c1-17-11-8-6-7-9-12(11)19-14(17)16-13(18-2)15-10-20(3,4)5/h6-9H,10H2,1-5H3/b15-13-,16-14+. The van der Waals surface area contributed by atoms with Gasteiger partial charge in [-0.15, -0.1) is 0 Å². The average molecular weight is 324 g/mol. The topological polar surface area (TPSA) is 29.6 Å². The van der Waals surface area contributed by atoms with E-state index < -0.39 is 8.07 Å². The first-order valence-electron chi connectivity index (χ1n) is 6.58. The van der Waals surface area contributed by atoms with Crippen LogP contribution >= 0.6 is 23.1 Å². The van der Waals surface area contributed by atoms with Crippen molar-refractivity contribution in [2.45, 2.75) is 19.6 Å². The molecule has 6 heteroatoms. The van der Waals surface area contributed by atoms with E-state index in [1.54, 1.807) is 23.1 Å². The number of hydrogen-bond donors (Lipinski definition) is 0. The van der Waals surface area contributed by atoms with Crippen LogP contribution in [0.3, 0.4) is 0 Å². The van der Waals surface area contributed by atoms with Crippen LogP contribution in [-0.2, 0) is 7.05 Å². The molecule has 0 aliphatic heterocycles. The summed E-state index contributed by atoms with van der Waals surface area (Å²) in [4.78, 5) is 10.4. The Morgan fingerprint density at radius 2 is 2.00 bits per heavy atom. The van der Waals surface area contributed by atoms with E-state index in [2.05, 4.69) is 60.5 Å². The number of aliphatic imine (C=N–C) groups is 1. The van der Waals surface area contributed by atoms with Gasteiger partial charge in [-0.3, -0.25) is 4.99 Å². The van der Waals surface area contributed by atoms with Crippen LogP contribution in [0.2, 0.25) is 19.6 Å². The molecular formula is C14H21N3S2Si. The molecule has 1 aromatic carbocycles. The Balaban J connectivity index is 2.43. The highest BCUT2D eigenvalue weighted by molar-refractivity contribution is 8.13. The molecule has 3 nitrogen and oxygen atoms in total. The van der Waals surface area contributed by atoms with Crippen molar-refractivity contribution in [3.63, 3.8) is 0 Å². The molecule has 0 saturated carbocycles. The first kappa shape index (κ1) is 15.5. The number of hydrogen-bond acceptors (Lipinski definition) is 3. The highest BCUT2D eigenvalue weighted by atomic mass is 32.2. The van der Waals surface area contributed by atoms with E-state index in [1.807, 2.05) is 6.26 Å². The highest BCUT2D eigenvalue weighted by Crippen LogP contribution is 2.15. The number of aryl methyl sites for hydroxylation is 1. The van der Waals surface area contributed by atoms with Gasteiger partial charge in [0, 0.05) is 13.2 Å². The maximum atomic E-state index is 4.73. The third-order valence-electron chi connectivity index (χ3n) is 2.78. The third kappa shape index (κ3) is 3.83. The van der Waals surface area contributed by atoms with E-state index in [1.165, 1.54) is 10.2 Å². The second-order valence-corrected chi connectivity index (χ2v) is 13.1. The van der Waals surface area contributed by atoms with Gasteiger partial charge in [0.2, 0.25) is 0 Å². The minimum atomic E-state index is -1.16. The van der Waals surface area contributed by atoms with Crippen molar-refractivity contribution in [2.75, 3.05) is 12.4 Å². The monoisotopic (exact) mass is 323 g/mol. The van der Waals surface area contributed by atoms with E-state index in [4.69, 9.17) is 4.99 Å². The van der Waals surface area contributed by atoms with Gasteiger partial charge in [-0.05, 0) is 18.4 Å². The zero-order valence-electron chi connectivity index (χ0n) is 12.7. The molecular weight excluding hydrogens is 302 g/mol. The molecule has 0 fully saturated rings. The summed E-state index contributed by atoms with van der Waals surface area (Å²) in [5, 5.41) is 0.884. The van der Waals surface area contributed by atoms with Crippen LogP contribution in [-0.4, -0.2) is 30.2 Å². The summed E-state index contributed by atoms with van der Waals surface area (Å²) >= 11 is 3.34. The van der Waals surface area contributed by atoms with E-state index in [0.29, 0.717) is 0 Å². The van der Waals surface area contributed by atoms with Gasteiger partial charge in [0.25, 0.3) is 0 Å². The Hall–Kier alpha value is -0.853. The molecule has 0 unspecified atom stereocenters. The molecule has 1 aromatic heterocycles. The molecule has 108 valence electrons. The predicted octanol–water partition coefficient (Wildman–Crippen LogP) is 3.74. The van der Waals surface area contributed by atoms with Crippen molar-refractivity contribution in [1.29, 1.82) is 0 Å². The zero-order valence-corrected chi connectivity index (χ0v) is 15.3.